The largest absolute Gasteiger partial charge is 0.392 e. The molecule has 5 rings (SSSR count). The second-order valence-electron chi connectivity index (χ2n) is 8.31. The predicted molar refractivity (Wildman–Crippen MR) is 137 cm³/mol. The first-order valence-corrected chi connectivity index (χ1v) is 12.8. The molecule has 1 aromatic carbocycles. The highest BCUT2D eigenvalue weighted by Crippen LogP contribution is 2.32. The van der Waals surface area contributed by atoms with Crippen molar-refractivity contribution >= 4 is 27.0 Å². The van der Waals surface area contributed by atoms with Gasteiger partial charge in [-0.05, 0) is 37.3 Å². The molecule has 4 aromatic heterocycles. The van der Waals surface area contributed by atoms with Crippen LogP contribution >= 0.6 is 0 Å². The van der Waals surface area contributed by atoms with Crippen molar-refractivity contribution in [1.29, 1.82) is 5.26 Å². The van der Waals surface area contributed by atoms with Gasteiger partial charge < -0.3 is 10.4 Å². The maximum atomic E-state index is 13.1. The van der Waals surface area contributed by atoms with Crippen LogP contribution in [0.1, 0.15) is 6.92 Å². The number of nitrogens with one attached hydrogen (secondary N) is 1. The number of nitriles is 1. The molecule has 0 fully saturated rings. The van der Waals surface area contributed by atoms with Gasteiger partial charge in [-0.25, -0.2) is 27.3 Å². The Bertz CT molecular complexity index is 1720. The first-order chi connectivity index (χ1) is 17.9. The van der Waals surface area contributed by atoms with Gasteiger partial charge in [-0.1, -0.05) is 18.2 Å². The Hall–Kier alpha value is -4.60. The third kappa shape index (κ3) is 4.77. The number of aliphatic hydroxyl groups excluding tert-OH is 1. The molecule has 2 N–H and O–H groups in total. The lowest BCUT2D eigenvalue weighted by Gasteiger charge is -2.09. The minimum Gasteiger partial charge on any atom is -0.392 e. The van der Waals surface area contributed by atoms with Crippen LogP contribution in [-0.4, -0.2) is 54.9 Å². The third-order valence-electron chi connectivity index (χ3n) is 5.55. The molecule has 37 heavy (non-hydrogen) atoms. The molecule has 5 aromatic rings. The van der Waals surface area contributed by atoms with Crippen molar-refractivity contribution in [3.63, 3.8) is 0 Å². The molecule has 0 saturated heterocycles. The zero-order chi connectivity index (χ0) is 26.0. The second-order valence-corrected chi connectivity index (χ2v) is 10.1. The third-order valence-corrected chi connectivity index (χ3v) is 7.23. The summed E-state index contributed by atoms with van der Waals surface area (Å²) in [7, 11) is -3.81. The molecule has 1 atom stereocenters. The second kappa shape index (κ2) is 9.81. The van der Waals surface area contributed by atoms with Crippen molar-refractivity contribution in [2.45, 2.75) is 24.5 Å². The van der Waals surface area contributed by atoms with E-state index < -0.39 is 16.1 Å². The maximum absolute atomic E-state index is 13.1. The van der Waals surface area contributed by atoms with E-state index in [1.54, 1.807) is 61.9 Å². The van der Waals surface area contributed by atoms with Gasteiger partial charge in [0.1, 0.15) is 12.2 Å². The minimum absolute atomic E-state index is 0.0343. The van der Waals surface area contributed by atoms with E-state index in [1.165, 1.54) is 23.0 Å². The summed E-state index contributed by atoms with van der Waals surface area (Å²) in [4.78, 5) is 13.4. The van der Waals surface area contributed by atoms with E-state index in [4.69, 9.17) is 0 Å². The van der Waals surface area contributed by atoms with Crippen LogP contribution in [0, 0.1) is 11.3 Å². The number of hydrogen-bond donors (Lipinski definition) is 2. The summed E-state index contributed by atoms with van der Waals surface area (Å²) in [6.07, 6.45) is 5.76. The van der Waals surface area contributed by atoms with Crippen LogP contribution in [0.5, 0.6) is 0 Å². The molecule has 1 unspecified atom stereocenters. The van der Waals surface area contributed by atoms with Crippen LogP contribution in [0.4, 0.5) is 5.95 Å². The van der Waals surface area contributed by atoms with Gasteiger partial charge in [0, 0.05) is 47.8 Å². The van der Waals surface area contributed by atoms with Gasteiger partial charge in [0.25, 0.3) is 10.0 Å². The van der Waals surface area contributed by atoms with E-state index in [-0.39, 0.29) is 23.6 Å². The van der Waals surface area contributed by atoms with Gasteiger partial charge in [0.2, 0.25) is 5.95 Å². The van der Waals surface area contributed by atoms with Crippen LogP contribution in [-0.2, 0) is 16.6 Å². The summed E-state index contributed by atoms with van der Waals surface area (Å²) in [5, 5.41) is 26.9. The number of aromatic nitrogens is 6. The molecule has 0 aliphatic carbocycles. The highest BCUT2D eigenvalue weighted by molar-refractivity contribution is 7.90. The Kier molecular flexibility index (Phi) is 6.39. The van der Waals surface area contributed by atoms with E-state index in [2.05, 4.69) is 31.4 Å². The van der Waals surface area contributed by atoms with Crippen molar-refractivity contribution in [3.8, 4) is 28.6 Å². The smallest absolute Gasteiger partial charge is 0.269 e. The van der Waals surface area contributed by atoms with Gasteiger partial charge in [-0.2, -0.15) is 10.4 Å². The van der Waals surface area contributed by atoms with Crippen molar-refractivity contribution in [2.24, 2.45) is 0 Å². The molecular weight excluding hydrogens is 492 g/mol. The van der Waals surface area contributed by atoms with E-state index >= 15 is 0 Å². The predicted octanol–water partition coefficient (Wildman–Crippen LogP) is 2.91. The van der Waals surface area contributed by atoms with E-state index in [1.807, 2.05) is 0 Å². The number of hydrogen-bond acceptors (Lipinski definition) is 9. The number of pyridine rings is 1. The lowest BCUT2D eigenvalue weighted by atomic mass is 10.1. The van der Waals surface area contributed by atoms with Gasteiger partial charge in [-0.15, -0.1) is 0 Å². The van der Waals surface area contributed by atoms with Crippen LogP contribution < -0.4 is 5.32 Å². The first-order valence-electron chi connectivity index (χ1n) is 11.3. The molecule has 11 nitrogen and oxygen atoms in total. The molecule has 0 aliphatic rings. The number of fused-ring (bicyclic) bond motifs is 1. The van der Waals surface area contributed by atoms with Gasteiger partial charge in [-0.3, -0.25) is 4.68 Å². The molecule has 0 radical (unpaired) electrons. The molecule has 4 heterocycles. The summed E-state index contributed by atoms with van der Waals surface area (Å²) in [6, 6.07) is 15.4. The molecule has 0 amide bonds. The van der Waals surface area contributed by atoms with Crippen molar-refractivity contribution in [2.75, 3.05) is 11.9 Å². The number of rotatable bonds is 8. The molecule has 0 aliphatic heterocycles. The Balaban J connectivity index is 1.57. The van der Waals surface area contributed by atoms with Gasteiger partial charge >= 0.3 is 0 Å². The Labute approximate surface area is 212 Å². The van der Waals surface area contributed by atoms with E-state index in [0.717, 1.165) is 3.97 Å². The fourth-order valence-electron chi connectivity index (χ4n) is 3.84. The lowest BCUT2D eigenvalue weighted by Crippen LogP contribution is -2.16. The molecule has 186 valence electrons. The SMILES string of the molecule is CC(O)CNc1nccc(-c2cn(CC#N)nc2-c2cnc3c(ccn3S(=O)(=O)c3ccccc3)c2)n1. The highest BCUT2D eigenvalue weighted by atomic mass is 32.2. The standard InChI is InChI=1S/C25H22N8O3S/c1-17(34)14-29-25-27-10-7-22(30-25)21-16-32(12-9-26)31-23(21)19-13-18-8-11-33(24(18)28-15-19)37(35,36)20-5-3-2-4-6-20/h2-8,10-11,13,15-17,34H,12,14H2,1H3,(H,27,29,30). The first kappa shape index (κ1) is 24.1. The molecule has 0 bridgehead atoms. The van der Waals surface area contributed by atoms with Gasteiger partial charge in [0.05, 0.1) is 22.8 Å². The average molecular weight is 515 g/mol. The fraction of sp³-hybridized carbons (Fsp3) is 0.160. The summed E-state index contributed by atoms with van der Waals surface area (Å²) >= 11 is 0. The Morgan fingerprint density at radius 3 is 2.73 bits per heavy atom. The topological polar surface area (TPSA) is 152 Å². The minimum atomic E-state index is -3.81. The van der Waals surface area contributed by atoms with Crippen molar-refractivity contribution in [3.05, 3.63) is 73.3 Å². The van der Waals surface area contributed by atoms with Crippen LogP contribution in [0.3, 0.4) is 0 Å². The average Bonchev–Trinajstić information content (AvgIpc) is 3.53. The van der Waals surface area contributed by atoms with Crippen LogP contribution in [0.15, 0.2) is 78.2 Å². The summed E-state index contributed by atoms with van der Waals surface area (Å²) in [5.41, 5.74) is 2.66. The van der Waals surface area contributed by atoms with Crippen LogP contribution in [0.25, 0.3) is 33.5 Å². The summed E-state index contributed by atoms with van der Waals surface area (Å²) in [5.74, 6) is 0.342. The molecule has 0 saturated carbocycles. The summed E-state index contributed by atoms with van der Waals surface area (Å²) in [6.45, 7) is 1.97. The monoisotopic (exact) mass is 514 g/mol. The fourth-order valence-corrected chi connectivity index (χ4v) is 5.17. The highest BCUT2D eigenvalue weighted by Gasteiger charge is 2.21. The van der Waals surface area contributed by atoms with Gasteiger partial charge in [0.15, 0.2) is 5.65 Å². The molecular formula is C25H22N8O3S. The van der Waals surface area contributed by atoms with Crippen molar-refractivity contribution in [1.82, 2.24) is 28.7 Å². The molecule has 12 heteroatoms. The summed E-state index contributed by atoms with van der Waals surface area (Å²) < 4.78 is 29.0. The quantitative estimate of drug-likeness (QED) is 0.318. The number of anilines is 1. The molecule has 0 spiro atoms. The Morgan fingerprint density at radius 1 is 1.16 bits per heavy atom. The van der Waals surface area contributed by atoms with E-state index in [9.17, 15) is 18.8 Å². The lowest BCUT2D eigenvalue weighted by molar-refractivity contribution is 0.208. The van der Waals surface area contributed by atoms with E-state index in [0.29, 0.717) is 33.8 Å². The van der Waals surface area contributed by atoms with Crippen molar-refractivity contribution < 1.29 is 13.5 Å². The zero-order valence-electron chi connectivity index (χ0n) is 19.7. The maximum Gasteiger partial charge on any atom is 0.269 e. The zero-order valence-corrected chi connectivity index (χ0v) is 20.5. The number of aliphatic hydroxyl groups is 1. The number of nitrogens with zero attached hydrogens (tertiary/aromatic N) is 7. The van der Waals surface area contributed by atoms with Crippen LogP contribution in [0.2, 0.25) is 0 Å². The number of benzene rings is 1. The normalized spacial score (nSPS) is 12.4. The Morgan fingerprint density at radius 2 is 1.97 bits per heavy atom.